The Hall–Kier alpha value is -2.66. The highest BCUT2D eigenvalue weighted by Gasteiger charge is 2.11. The molecule has 2 N–H and O–H groups in total. The normalized spacial score (nSPS) is 11.5. The topological polar surface area (TPSA) is 61.7 Å². The van der Waals surface area contributed by atoms with E-state index in [9.17, 15) is 9.90 Å². The van der Waals surface area contributed by atoms with Crippen molar-refractivity contribution in [1.82, 2.24) is 5.43 Å². The third kappa shape index (κ3) is 3.46. The van der Waals surface area contributed by atoms with Gasteiger partial charge >= 0.3 is 0 Å². The van der Waals surface area contributed by atoms with Crippen LogP contribution in [0.15, 0.2) is 70.2 Å². The first-order valence-corrected chi connectivity index (χ1v) is 8.16. The average Bonchev–Trinajstić information content (AvgIpc) is 2.61. The van der Waals surface area contributed by atoms with Gasteiger partial charge in [-0.25, -0.2) is 5.43 Å². The molecule has 4 nitrogen and oxygen atoms in total. The molecule has 3 aromatic carbocycles. The number of hydrogen-bond donors (Lipinski definition) is 2. The van der Waals surface area contributed by atoms with Gasteiger partial charge in [0, 0.05) is 4.47 Å². The minimum Gasteiger partial charge on any atom is -0.507 e. The van der Waals surface area contributed by atoms with Crippen LogP contribution in [0.1, 0.15) is 22.8 Å². The van der Waals surface area contributed by atoms with Crippen LogP contribution >= 0.6 is 15.9 Å². The molecular weight excluding hydrogens is 368 g/mol. The van der Waals surface area contributed by atoms with E-state index in [4.69, 9.17) is 0 Å². The van der Waals surface area contributed by atoms with E-state index in [1.165, 1.54) is 6.07 Å². The minimum absolute atomic E-state index is 0.0886. The van der Waals surface area contributed by atoms with Gasteiger partial charge in [-0.15, -0.1) is 0 Å². The Balaban J connectivity index is 1.82. The van der Waals surface area contributed by atoms with Gasteiger partial charge in [-0.1, -0.05) is 52.3 Å². The Morgan fingerprint density at radius 2 is 1.79 bits per heavy atom. The summed E-state index contributed by atoms with van der Waals surface area (Å²) in [5, 5.41) is 16.2. The molecule has 0 aliphatic heterocycles. The van der Waals surface area contributed by atoms with Crippen LogP contribution in [0, 0.1) is 0 Å². The summed E-state index contributed by atoms with van der Waals surface area (Å²) in [6, 6.07) is 18.7. The first-order chi connectivity index (χ1) is 11.5. The molecule has 0 spiro atoms. The van der Waals surface area contributed by atoms with Crippen molar-refractivity contribution in [2.45, 2.75) is 6.92 Å². The smallest absolute Gasteiger partial charge is 0.275 e. The molecule has 3 rings (SSSR count). The number of halogens is 1. The molecule has 24 heavy (non-hydrogen) atoms. The van der Waals surface area contributed by atoms with Crippen molar-refractivity contribution in [3.63, 3.8) is 0 Å². The molecule has 0 radical (unpaired) electrons. The summed E-state index contributed by atoms with van der Waals surface area (Å²) in [5.41, 5.74) is 4.26. The summed E-state index contributed by atoms with van der Waals surface area (Å²) in [6.07, 6.45) is 0. The monoisotopic (exact) mass is 382 g/mol. The molecule has 0 atom stereocenters. The quantitative estimate of drug-likeness (QED) is 0.518. The van der Waals surface area contributed by atoms with Crippen molar-refractivity contribution in [3.8, 4) is 5.75 Å². The van der Waals surface area contributed by atoms with Gasteiger partial charge in [0.2, 0.25) is 0 Å². The van der Waals surface area contributed by atoms with E-state index in [-0.39, 0.29) is 11.3 Å². The van der Waals surface area contributed by atoms with Crippen LogP contribution in [-0.4, -0.2) is 16.7 Å². The highest BCUT2D eigenvalue weighted by molar-refractivity contribution is 9.10. The van der Waals surface area contributed by atoms with Crippen molar-refractivity contribution in [2.75, 3.05) is 0 Å². The fraction of sp³-hybridized carbons (Fsp3) is 0.0526. The Kier molecular flexibility index (Phi) is 4.62. The number of phenols is 1. The van der Waals surface area contributed by atoms with Crippen molar-refractivity contribution >= 4 is 38.3 Å². The number of hydrogen-bond acceptors (Lipinski definition) is 3. The molecule has 120 valence electrons. The molecule has 0 unspecified atom stereocenters. The Morgan fingerprint density at radius 1 is 1.04 bits per heavy atom. The second-order valence-corrected chi connectivity index (χ2v) is 6.28. The third-order valence-electron chi connectivity index (χ3n) is 3.70. The zero-order chi connectivity index (χ0) is 17.1. The molecule has 0 saturated carbocycles. The van der Waals surface area contributed by atoms with Gasteiger partial charge in [0.25, 0.3) is 5.91 Å². The number of hydrazone groups is 1. The Morgan fingerprint density at radius 3 is 2.58 bits per heavy atom. The van der Waals surface area contributed by atoms with Crippen LogP contribution in [0.25, 0.3) is 10.8 Å². The molecule has 5 heteroatoms. The van der Waals surface area contributed by atoms with Gasteiger partial charge in [-0.3, -0.25) is 4.79 Å². The van der Waals surface area contributed by atoms with Crippen LogP contribution in [0.2, 0.25) is 0 Å². The summed E-state index contributed by atoms with van der Waals surface area (Å²) in [5.74, 6) is -0.553. The lowest BCUT2D eigenvalue weighted by Crippen LogP contribution is -2.19. The number of rotatable bonds is 3. The number of carbonyl (C=O) groups is 1. The second-order valence-electron chi connectivity index (χ2n) is 5.36. The standard InChI is InChI=1S/C19H15BrN2O2/c1-12(14-7-6-13-4-2-3-5-15(13)10-14)21-22-19(24)17-11-16(20)8-9-18(17)23/h2-11,23H,1H3,(H,22,24). The largest absolute Gasteiger partial charge is 0.507 e. The van der Waals surface area contributed by atoms with Crippen molar-refractivity contribution in [3.05, 3.63) is 76.3 Å². The van der Waals surface area contributed by atoms with Crippen molar-refractivity contribution in [1.29, 1.82) is 0 Å². The molecule has 0 saturated heterocycles. The van der Waals surface area contributed by atoms with E-state index in [1.54, 1.807) is 12.1 Å². The average molecular weight is 383 g/mol. The predicted octanol–water partition coefficient (Wildman–Crippen LogP) is 4.46. The van der Waals surface area contributed by atoms with E-state index in [1.807, 2.05) is 49.4 Å². The predicted molar refractivity (Wildman–Crippen MR) is 99.4 cm³/mol. The maximum absolute atomic E-state index is 12.2. The zero-order valence-electron chi connectivity index (χ0n) is 13.0. The van der Waals surface area contributed by atoms with Crippen LogP contribution in [0.3, 0.4) is 0 Å². The van der Waals surface area contributed by atoms with Crippen LogP contribution in [0.5, 0.6) is 5.75 Å². The lowest BCUT2D eigenvalue weighted by atomic mass is 10.0. The van der Waals surface area contributed by atoms with E-state index in [0.29, 0.717) is 10.2 Å². The lowest BCUT2D eigenvalue weighted by molar-refractivity contribution is 0.0952. The number of nitrogens with one attached hydrogen (secondary N) is 1. The third-order valence-corrected chi connectivity index (χ3v) is 4.19. The number of benzene rings is 3. The number of aromatic hydroxyl groups is 1. The van der Waals surface area contributed by atoms with Crippen molar-refractivity contribution in [2.24, 2.45) is 5.10 Å². The van der Waals surface area contributed by atoms with Gasteiger partial charge in [-0.05, 0) is 47.5 Å². The van der Waals surface area contributed by atoms with Gasteiger partial charge in [0.1, 0.15) is 5.75 Å². The SMILES string of the molecule is CC(=NNC(=O)c1cc(Br)ccc1O)c1ccc2ccccc2c1. The molecular formula is C19H15BrN2O2. The summed E-state index contributed by atoms with van der Waals surface area (Å²) in [6.45, 7) is 1.82. The number of amides is 1. The van der Waals surface area contributed by atoms with E-state index in [2.05, 4.69) is 26.5 Å². The number of phenolic OH excluding ortho intramolecular Hbond substituents is 1. The number of nitrogens with zero attached hydrogens (tertiary/aromatic N) is 1. The molecule has 0 aliphatic rings. The molecule has 0 aromatic heterocycles. The van der Waals surface area contributed by atoms with Crippen molar-refractivity contribution < 1.29 is 9.90 Å². The number of carbonyl (C=O) groups excluding carboxylic acids is 1. The van der Waals surface area contributed by atoms with E-state index >= 15 is 0 Å². The van der Waals surface area contributed by atoms with Crippen LogP contribution in [0.4, 0.5) is 0 Å². The van der Waals surface area contributed by atoms with E-state index in [0.717, 1.165) is 16.3 Å². The highest BCUT2D eigenvalue weighted by atomic mass is 79.9. The first-order valence-electron chi connectivity index (χ1n) is 7.37. The fourth-order valence-electron chi connectivity index (χ4n) is 2.36. The lowest BCUT2D eigenvalue weighted by Gasteiger charge is -2.06. The summed E-state index contributed by atoms with van der Waals surface area (Å²) < 4.78 is 0.709. The van der Waals surface area contributed by atoms with Gasteiger partial charge < -0.3 is 5.11 Å². The van der Waals surface area contributed by atoms with Crippen LogP contribution in [-0.2, 0) is 0 Å². The Bertz CT molecular complexity index is 951. The summed E-state index contributed by atoms with van der Waals surface area (Å²) >= 11 is 3.28. The highest BCUT2D eigenvalue weighted by Crippen LogP contribution is 2.21. The van der Waals surface area contributed by atoms with Gasteiger partial charge in [0.15, 0.2) is 0 Å². The van der Waals surface area contributed by atoms with Crippen LogP contribution < -0.4 is 5.43 Å². The maximum Gasteiger partial charge on any atom is 0.275 e. The summed E-state index contributed by atoms with van der Waals surface area (Å²) in [4.78, 5) is 12.2. The maximum atomic E-state index is 12.2. The molecule has 0 heterocycles. The Labute approximate surface area is 148 Å². The summed E-state index contributed by atoms with van der Waals surface area (Å²) in [7, 11) is 0. The minimum atomic E-state index is -0.464. The molecule has 3 aromatic rings. The molecule has 0 aliphatic carbocycles. The fourth-order valence-corrected chi connectivity index (χ4v) is 2.72. The molecule has 0 fully saturated rings. The van der Waals surface area contributed by atoms with Gasteiger partial charge in [-0.2, -0.15) is 5.10 Å². The molecule has 0 bridgehead atoms. The number of fused-ring (bicyclic) bond motifs is 1. The van der Waals surface area contributed by atoms with E-state index < -0.39 is 5.91 Å². The first kappa shape index (κ1) is 16.2. The second kappa shape index (κ2) is 6.84. The zero-order valence-corrected chi connectivity index (χ0v) is 14.5. The van der Waals surface area contributed by atoms with Gasteiger partial charge in [0.05, 0.1) is 11.3 Å². The molecule has 1 amide bonds.